The molecule has 0 atom stereocenters. The van der Waals surface area contributed by atoms with Gasteiger partial charge in [0.15, 0.2) is 0 Å². The molecule has 136 valence electrons. The van der Waals surface area contributed by atoms with Crippen LogP contribution in [-0.4, -0.2) is 23.3 Å². The number of hydrogen-bond acceptors (Lipinski definition) is 2. The van der Waals surface area contributed by atoms with Crippen molar-refractivity contribution in [1.29, 1.82) is 0 Å². The molecule has 1 heterocycles. The zero-order valence-corrected chi connectivity index (χ0v) is 15.1. The minimum absolute atomic E-state index is 0.0606. The molecule has 2 amide bonds. The maximum absolute atomic E-state index is 13.7. The highest BCUT2D eigenvalue weighted by Gasteiger charge is 2.39. The van der Waals surface area contributed by atoms with Crippen LogP contribution in [0.2, 0.25) is 0 Å². The van der Waals surface area contributed by atoms with Crippen LogP contribution in [0.25, 0.3) is 0 Å². The van der Waals surface area contributed by atoms with Gasteiger partial charge in [0.1, 0.15) is 11.2 Å². The number of rotatable bonds is 4. The van der Waals surface area contributed by atoms with Crippen LogP contribution in [0, 0.1) is 11.2 Å². The largest absolute Gasteiger partial charge is 0.351 e. The van der Waals surface area contributed by atoms with E-state index in [2.05, 4.69) is 11.4 Å². The van der Waals surface area contributed by atoms with Crippen LogP contribution in [0.3, 0.4) is 0 Å². The first-order valence-electron chi connectivity index (χ1n) is 8.77. The molecule has 0 aromatic heterocycles. The molecule has 4 nitrogen and oxygen atoms in total. The van der Waals surface area contributed by atoms with Gasteiger partial charge in [0.25, 0.3) is 0 Å². The Bertz CT molecular complexity index is 832. The second-order valence-corrected chi connectivity index (χ2v) is 7.14. The second-order valence-electron chi connectivity index (χ2n) is 7.14. The molecule has 0 aliphatic carbocycles. The Balaban J connectivity index is 1.66. The third-order valence-electron chi connectivity index (χ3n) is 4.92. The van der Waals surface area contributed by atoms with Crippen LogP contribution < -0.4 is 5.32 Å². The normalized spacial score (nSPS) is 13.9. The van der Waals surface area contributed by atoms with Crippen molar-refractivity contribution < 1.29 is 14.0 Å². The summed E-state index contributed by atoms with van der Waals surface area (Å²) in [6.45, 7) is 4.41. The molecule has 0 unspecified atom stereocenters. The number of hydrogen-bond donors (Lipinski definition) is 1. The quantitative estimate of drug-likeness (QED) is 0.858. The SMILES string of the molecule is CC(C)(C(=O)NCc1ccccc1F)C(=O)N1CCc2ccccc2C1. The van der Waals surface area contributed by atoms with Crippen molar-refractivity contribution in [2.24, 2.45) is 5.41 Å². The lowest BCUT2D eigenvalue weighted by Gasteiger charge is -2.34. The zero-order valence-electron chi connectivity index (χ0n) is 15.1. The number of amides is 2. The summed E-state index contributed by atoms with van der Waals surface area (Å²) >= 11 is 0. The molecule has 1 aliphatic rings. The smallest absolute Gasteiger partial charge is 0.238 e. The highest BCUT2D eigenvalue weighted by Crippen LogP contribution is 2.25. The summed E-state index contributed by atoms with van der Waals surface area (Å²) in [6, 6.07) is 14.3. The number of carbonyl (C=O) groups excluding carboxylic acids is 2. The number of carbonyl (C=O) groups is 2. The molecule has 26 heavy (non-hydrogen) atoms. The van der Waals surface area contributed by atoms with E-state index in [0.717, 1.165) is 12.0 Å². The van der Waals surface area contributed by atoms with Gasteiger partial charge >= 0.3 is 0 Å². The van der Waals surface area contributed by atoms with E-state index in [4.69, 9.17) is 0 Å². The zero-order chi connectivity index (χ0) is 18.7. The molecule has 0 saturated carbocycles. The molecule has 5 heteroatoms. The Labute approximate surface area is 153 Å². The van der Waals surface area contributed by atoms with E-state index in [0.29, 0.717) is 18.7 Å². The Hall–Kier alpha value is -2.69. The molecular weight excluding hydrogens is 331 g/mol. The van der Waals surface area contributed by atoms with Gasteiger partial charge in [-0.1, -0.05) is 42.5 Å². The van der Waals surface area contributed by atoms with Gasteiger partial charge in [-0.3, -0.25) is 9.59 Å². The number of benzene rings is 2. The fourth-order valence-corrected chi connectivity index (χ4v) is 3.20. The fourth-order valence-electron chi connectivity index (χ4n) is 3.20. The molecule has 0 bridgehead atoms. The molecule has 0 spiro atoms. The average molecular weight is 354 g/mol. The third-order valence-corrected chi connectivity index (χ3v) is 4.92. The van der Waals surface area contributed by atoms with Gasteiger partial charge in [-0.25, -0.2) is 4.39 Å². The lowest BCUT2D eigenvalue weighted by molar-refractivity contribution is -0.149. The maximum Gasteiger partial charge on any atom is 0.238 e. The third kappa shape index (κ3) is 3.62. The number of nitrogens with one attached hydrogen (secondary N) is 1. The molecule has 3 rings (SSSR count). The Kier molecular flexibility index (Phi) is 5.07. The molecule has 2 aromatic carbocycles. The van der Waals surface area contributed by atoms with Gasteiger partial charge in [0.05, 0.1) is 0 Å². The summed E-state index contributed by atoms with van der Waals surface area (Å²) < 4.78 is 13.7. The number of nitrogens with zero attached hydrogens (tertiary/aromatic N) is 1. The second kappa shape index (κ2) is 7.28. The Morgan fingerprint density at radius 1 is 1.08 bits per heavy atom. The summed E-state index contributed by atoms with van der Waals surface area (Å²) in [5.74, 6) is -0.979. The van der Waals surface area contributed by atoms with Gasteiger partial charge in [-0.05, 0) is 37.5 Å². The van der Waals surface area contributed by atoms with Crippen LogP contribution >= 0.6 is 0 Å². The first kappa shape index (κ1) is 18.1. The van der Waals surface area contributed by atoms with Crippen LogP contribution in [0.5, 0.6) is 0 Å². The van der Waals surface area contributed by atoms with Crippen molar-refractivity contribution >= 4 is 11.8 Å². The Morgan fingerprint density at radius 2 is 1.73 bits per heavy atom. The van der Waals surface area contributed by atoms with E-state index in [9.17, 15) is 14.0 Å². The Morgan fingerprint density at radius 3 is 2.46 bits per heavy atom. The van der Waals surface area contributed by atoms with E-state index in [-0.39, 0.29) is 18.3 Å². The molecule has 0 radical (unpaired) electrons. The minimum atomic E-state index is -1.21. The topological polar surface area (TPSA) is 49.4 Å². The van der Waals surface area contributed by atoms with Crippen molar-refractivity contribution in [1.82, 2.24) is 10.2 Å². The van der Waals surface area contributed by atoms with Crippen LogP contribution in [0.15, 0.2) is 48.5 Å². The standard InChI is InChI=1S/C21H23FN2O2/c1-21(2,19(25)23-13-16-8-5-6-10-18(16)22)20(26)24-12-11-15-7-3-4-9-17(15)14-24/h3-10H,11-14H2,1-2H3,(H,23,25). The first-order valence-corrected chi connectivity index (χ1v) is 8.77. The minimum Gasteiger partial charge on any atom is -0.351 e. The average Bonchev–Trinajstić information content (AvgIpc) is 2.66. The van der Waals surface area contributed by atoms with Crippen molar-refractivity contribution in [2.75, 3.05) is 6.54 Å². The van der Waals surface area contributed by atoms with Gasteiger partial charge < -0.3 is 10.2 Å². The fraction of sp³-hybridized carbons (Fsp3) is 0.333. The predicted octanol–water partition coefficient (Wildman–Crippen LogP) is 3.05. The van der Waals surface area contributed by atoms with Crippen LogP contribution in [0.4, 0.5) is 4.39 Å². The van der Waals surface area contributed by atoms with Gasteiger partial charge in [0, 0.05) is 25.2 Å². The van der Waals surface area contributed by atoms with Crippen molar-refractivity contribution in [3.63, 3.8) is 0 Å². The predicted molar refractivity (Wildman–Crippen MR) is 97.6 cm³/mol. The molecule has 1 N–H and O–H groups in total. The van der Waals surface area contributed by atoms with Gasteiger partial charge in [0.2, 0.25) is 11.8 Å². The maximum atomic E-state index is 13.7. The van der Waals surface area contributed by atoms with Crippen molar-refractivity contribution in [3.05, 3.63) is 71.0 Å². The van der Waals surface area contributed by atoms with Crippen LogP contribution in [-0.2, 0) is 29.1 Å². The number of halogens is 1. The summed E-state index contributed by atoms with van der Waals surface area (Å²) in [4.78, 5) is 27.3. The van der Waals surface area contributed by atoms with Gasteiger partial charge in [-0.2, -0.15) is 0 Å². The number of fused-ring (bicyclic) bond motifs is 1. The molecular formula is C21H23FN2O2. The van der Waals surface area contributed by atoms with E-state index in [1.165, 1.54) is 11.6 Å². The van der Waals surface area contributed by atoms with E-state index >= 15 is 0 Å². The summed E-state index contributed by atoms with van der Waals surface area (Å²) in [5.41, 5.74) is 1.56. The summed E-state index contributed by atoms with van der Waals surface area (Å²) in [7, 11) is 0. The van der Waals surface area contributed by atoms with E-state index in [1.807, 2.05) is 18.2 Å². The lowest BCUT2D eigenvalue weighted by atomic mass is 9.88. The van der Waals surface area contributed by atoms with Crippen molar-refractivity contribution in [2.45, 2.75) is 33.4 Å². The monoisotopic (exact) mass is 354 g/mol. The highest BCUT2D eigenvalue weighted by molar-refractivity contribution is 6.04. The lowest BCUT2D eigenvalue weighted by Crippen LogP contribution is -2.50. The molecule has 2 aromatic rings. The van der Waals surface area contributed by atoms with E-state index < -0.39 is 11.3 Å². The highest BCUT2D eigenvalue weighted by atomic mass is 19.1. The summed E-state index contributed by atoms with van der Waals surface area (Å²) in [5, 5.41) is 2.69. The molecule has 1 aliphatic heterocycles. The van der Waals surface area contributed by atoms with Crippen LogP contribution in [0.1, 0.15) is 30.5 Å². The first-order chi connectivity index (χ1) is 12.4. The van der Waals surface area contributed by atoms with Gasteiger partial charge in [-0.15, -0.1) is 0 Å². The van der Waals surface area contributed by atoms with Crippen molar-refractivity contribution in [3.8, 4) is 0 Å². The molecule has 0 fully saturated rings. The van der Waals surface area contributed by atoms with E-state index in [1.54, 1.807) is 36.9 Å². The molecule has 0 saturated heterocycles. The summed E-state index contributed by atoms with van der Waals surface area (Å²) in [6.07, 6.45) is 0.787.